The van der Waals surface area contributed by atoms with E-state index >= 15 is 0 Å². The lowest BCUT2D eigenvalue weighted by atomic mass is 9.80. The molecule has 1 aromatic rings. The van der Waals surface area contributed by atoms with Gasteiger partial charge in [0.25, 0.3) is 0 Å². The van der Waals surface area contributed by atoms with Gasteiger partial charge in [-0.1, -0.05) is 48.0 Å². The van der Waals surface area contributed by atoms with Crippen LogP contribution in [0.15, 0.2) is 28.7 Å². The predicted molar refractivity (Wildman–Crippen MR) is 55.3 cm³/mol. The Kier molecular flexibility index (Phi) is 6.07. The van der Waals surface area contributed by atoms with Crippen LogP contribution in [0.5, 0.6) is 0 Å². The van der Waals surface area contributed by atoms with Crippen LogP contribution in [0.25, 0.3) is 0 Å². The van der Waals surface area contributed by atoms with Crippen molar-refractivity contribution in [2.75, 3.05) is 0 Å². The molecule has 2 nitrogen and oxygen atoms in total. The summed E-state index contributed by atoms with van der Waals surface area (Å²) in [5, 5.41) is 17.5. The fourth-order valence-electron chi connectivity index (χ4n) is 0.684. The minimum atomic E-state index is -1.39. The van der Waals surface area contributed by atoms with E-state index in [0.717, 1.165) is 0 Å². The molecule has 66 valence electrons. The molecule has 0 aliphatic carbocycles. The van der Waals surface area contributed by atoms with Crippen molar-refractivity contribution >= 4 is 28.5 Å². The van der Waals surface area contributed by atoms with Crippen LogP contribution in [0.1, 0.15) is 13.8 Å². The third kappa shape index (κ3) is 3.39. The molecule has 0 aromatic heterocycles. The number of benzene rings is 1. The zero-order chi connectivity index (χ0) is 9.56. The Morgan fingerprint density at radius 2 is 1.67 bits per heavy atom. The maximum atomic E-state index is 8.73. The molecule has 0 saturated carbocycles. The van der Waals surface area contributed by atoms with E-state index in [2.05, 4.69) is 15.9 Å². The van der Waals surface area contributed by atoms with Crippen LogP contribution in [0.4, 0.5) is 0 Å². The second-order valence-corrected chi connectivity index (χ2v) is 2.75. The minimum absolute atomic E-state index is 0.488. The molecule has 0 bridgehead atoms. The van der Waals surface area contributed by atoms with Crippen molar-refractivity contribution in [3.63, 3.8) is 0 Å². The quantitative estimate of drug-likeness (QED) is 0.711. The SMILES string of the molecule is CC.OB(O)c1ccccc1Br. The average Bonchev–Trinajstić information content (AvgIpc) is 2.08. The summed E-state index contributed by atoms with van der Waals surface area (Å²) < 4.78 is 0.713. The van der Waals surface area contributed by atoms with Gasteiger partial charge in [-0.05, 0) is 11.5 Å². The van der Waals surface area contributed by atoms with E-state index in [1.807, 2.05) is 19.9 Å². The summed E-state index contributed by atoms with van der Waals surface area (Å²) in [6.07, 6.45) is 0. The molecule has 2 N–H and O–H groups in total. The number of hydrogen-bond donors (Lipinski definition) is 2. The highest BCUT2D eigenvalue weighted by Crippen LogP contribution is 2.04. The van der Waals surface area contributed by atoms with Gasteiger partial charge in [0.05, 0.1) is 0 Å². The van der Waals surface area contributed by atoms with Crippen molar-refractivity contribution in [1.29, 1.82) is 0 Å². The summed E-state index contributed by atoms with van der Waals surface area (Å²) in [5.74, 6) is 0. The zero-order valence-electron chi connectivity index (χ0n) is 7.16. The Morgan fingerprint density at radius 3 is 2.00 bits per heavy atom. The van der Waals surface area contributed by atoms with E-state index in [1.165, 1.54) is 0 Å². The van der Waals surface area contributed by atoms with Gasteiger partial charge in [0.15, 0.2) is 0 Å². The molecule has 12 heavy (non-hydrogen) atoms. The Bertz CT molecular complexity index is 228. The van der Waals surface area contributed by atoms with E-state index in [-0.39, 0.29) is 0 Å². The molecule has 0 unspecified atom stereocenters. The molecule has 0 aliphatic rings. The largest absolute Gasteiger partial charge is 0.489 e. The van der Waals surface area contributed by atoms with Gasteiger partial charge < -0.3 is 10.0 Å². The first-order valence-electron chi connectivity index (χ1n) is 3.82. The molecule has 0 amide bonds. The van der Waals surface area contributed by atoms with Crippen LogP contribution >= 0.6 is 15.9 Å². The number of halogens is 1. The Morgan fingerprint density at radius 1 is 1.17 bits per heavy atom. The van der Waals surface area contributed by atoms with Gasteiger partial charge >= 0.3 is 7.12 Å². The first kappa shape index (κ1) is 11.7. The fourth-order valence-corrected chi connectivity index (χ4v) is 1.17. The van der Waals surface area contributed by atoms with Crippen molar-refractivity contribution in [2.24, 2.45) is 0 Å². The summed E-state index contributed by atoms with van der Waals surface area (Å²) in [6, 6.07) is 6.97. The van der Waals surface area contributed by atoms with Gasteiger partial charge in [-0.3, -0.25) is 0 Å². The molecule has 0 atom stereocenters. The smallest absolute Gasteiger partial charge is 0.423 e. The van der Waals surface area contributed by atoms with Gasteiger partial charge in [0, 0.05) is 4.47 Å². The first-order valence-corrected chi connectivity index (χ1v) is 4.61. The molecule has 0 saturated heterocycles. The van der Waals surface area contributed by atoms with Crippen molar-refractivity contribution in [3.8, 4) is 0 Å². The van der Waals surface area contributed by atoms with E-state index in [0.29, 0.717) is 9.94 Å². The Balaban J connectivity index is 0.000000561. The predicted octanol–water partition coefficient (Wildman–Crippen LogP) is 1.16. The van der Waals surface area contributed by atoms with Crippen LogP contribution < -0.4 is 5.46 Å². The summed E-state index contributed by atoms with van der Waals surface area (Å²) in [4.78, 5) is 0. The second kappa shape index (κ2) is 6.23. The van der Waals surface area contributed by atoms with Gasteiger partial charge in [0.1, 0.15) is 0 Å². The fraction of sp³-hybridized carbons (Fsp3) is 0.250. The molecule has 0 radical (unpaired) electrons. The lowest BCUT2D eigenvalue weighted by Gasteiger charge is -1.99. The molecule has 0 heterocycles. The van der Waals surface area contributed by atoms with Gasteiger partial charge in [-0.15, -0.1) is 0 Å². The van der Waals surface area contributed by atoms with E-state index in [9.17, 15) is 0 Å². The molecule has 0 spiro atoms. The second-order valence-electron chi connectivity index (χ2n) is 1.90. The van der Waals surface area contributed by atoms with E-state index in [1.54, 1.807) is 18.2 Å². The highest BCUT2D eigenvalue weighted by molar-refractivity contribution is 9.10. The summed E-state index contributed by atoms with van der Waals surface area (Å²) in [7, 11) is -1.39. The van der Waals surface area contributed by atoms with Crippen LogP contribution in [-0.4, -0.2) is 17.2 Å². The van der Waals surface area contributed by atoms with Crippen molar-refractivity contribution in [3.05, 3.63) is 28.7 Å². The molecular weight excluding hydrogens is 219 g/mol. The van der Waals surface area contributed by atoms with Gasteiger partial charge in [-0.2, -0.15) is 0 Å². The van der Waals surface area contributed by atoms with Crippen LogP contribution in [-0.2, 0) is 0 Å². The monoisotopic (exact) mass is 230 g/mol. The van der Waals surface area contributed by atoms with Crippen LogP contribution in [0, 0.1) is 0 Å². The summed E-state index contributed by atoms with van der Waals surface area (Å²) in [5.41, 5.74) is 0.488. The molecule has 0 aliphatic heterocycles. The van der Waals surface area contributed by atoms with Gasteiger partial charge in [-0.25, -0.2) is 0 Å². The molecule has 4 heteroatoms. The molecular formula is C8H12BBrO2. The zero-order valence-corrected chi connectivity index (χ0v) is 8.75. The van der Waals surface area contributed by atoms with Crippen LogP contribution in [0.2, 0.25) is 0 Å². The molecule has 1 rings (SSSR count). The van der Waals surface area contributed by atoms with Crippen LogP contribution in [0.3, 0.4) is 0 Å². The van der Waals surface area contributed by atoms with Crippen molar-refractivity contribution < 1.29 is 10.0 Å². The minimum Gasteiger partial charge on any atom is -0.423 e. The average molecular weight is 231 g/mol. The maximum absolute atomic E-state index is 8.73. The number of rotatable bonds is 1. The Hall–Kier alpha value is -0.315. The lowest BCUT2D eigenvalue weighted by Crippen LogP contribution is -2.30. The molecule has 1 aromatic carbocycles. The van der Waals surface area contributed by atoms with E-state index < -0.39 is 7.12 Å². The third-order valence-corrected chi connectivity index (χ3v) is 1.91. The summed E-state index contributed by atoms with van der Waals surface area (Å²) in [6.45, 7) is 4.00. The van der Waals surface area contributed by atoms with Crippen molar-refractivity contribution in [1.82, 2.24) is 0 Å². The number of hydrogen-bond acceptors (Lipinski definition) is 2. The third-order valence-electron chi connectivity index (χ3n) is 1.18. The molecule has 0 fully saturated rings. The standard InChI is InChI=1S/C6H6BBrO2.C2H6/c8-6-4-2-1-3-5(6)7(9)10;1-2/h1-4,9-10H;1-2H3. The summed E-state index contributed by atoms with van der Waals surface area (Å²) >= 11 is 3.18. The lowest BCUT2D eigenvalue weighted by molar-refractivity contribution is 0.425. The Labute approximate surface area is 81.5 Å². The highest BCUT2D eigenvalue weighted by atomic mass is 79.9. The highest BCUT2D eigenvalue weighted by Gasteiger charge is 2.12. The van der Waals surface area contributed by atoms with Gasteiger partial charge in [0.2, 0.25) is 0 Å². The maximum Gasteiger partial charge on any atom is 0.489 e. The van der Waals surface area contributed by atoms with E-state index in [4.69, 9.17) is 10.0 Å². The first-order chi connectivity index (χ1) is 5.72. The van der Waals surface area contributed by atoms with Crippen molar-refractivity contribution in [2.45, 2.75) is 13.8 Å². The topological polar surface area (TPSA) is 40.5 Å². The normalized spacial score (nSPS) is 8.42.